The van der Waals surface area contributed by atoms with Crippen LogP contribution in [0.4, 0.5) is 0 Å². The molecule has 0 radical (unpaired) electrons. The molecule has 0 heterocycles. The predicted molar refractivity (Wildman–Crippen MR) is 48.5 cm³/mol. The molecule has 0 spiro atoms. The summed E-state index contributed by atoms with van der Waals surface area (Å²) in [4.78, 5) is 2.00. The molecule has 2 heteroatoms. The van der Waals surface area contributed by atoms with E-state index in [9.17, 15) is 0 Å². The molecule has 0 saturated heterocycles. The van der Waals surface area contributed by atoms with Crippen LogP contribution in [-0.4, -0.2) is 40.3 Å². The molecule has 0 amide bonds. The molecule has 0 atom stereocenters. The number of nitrogens with zero attached hydrogens (tertiary/aromatic N) is 1. The van der Waals surface area contributed by atoms with E-state index >= 15 is 0 Å². The number of hydrogen-bond donors (Lipinski definition) is 0. The van der Waals surface area contributed by atoms with Gasteiger partial charge < -0.3 is 9.64 Å². The smallest absolute Gasteiger partial charge is 0.0351 e. The van der Waals surface area contributed by atoms with Crippen LogP contribution in [-0.2, 0) is 4.74 Å². The highest BCUT2D eigenvalue weighted by Crippen LogP contribution is 1.56. The summed E-state index contributed by atoms with van der Waals surface area (Å²) in [6, 6.07) is 0. The molecular formula is C8H23NO. The molecule has 0 rings (SSSR count). The van der Waals surface area contributed by atoms with Crippen molar-refractivity contribution in [3.05, 3.63) is 0 Å². The van der Waals surface area contributed by atoms with E-state index < -0.39 is 0 Å². The van der Waals surface area contributed by atoms with Gasteiger partial charge in [-0.3, -0.25) is 0 Å². The molecule has 0 aliphatic heterocycles. The van der Waals surface area contributed by atoms with Crippen LogP contribution in [0.25, 0.3) is 0 Å². The van der Waals surface area contributed by atoms with Crippen molar-refractivity contribution in [3.8, 4) is 0 Å². The van der Waals surface area contributed by atoms with Gasteiger partial charge in [0.1, 0.15) is 0 Å². The van der Waals surface area contributed by atoms with Crippen molar-refractivity contribution in [2.24, 2.45) is 0 Å². The summed E-state index contributed by atoms with van der Waals surface area (Å²) >= 11 is 0. The van der Waals surface area contributed by atoms with E-state index in [4.69, 9.17) is 0 Å². The fraction of sp³-hybridized carbons (Fsp3) is 1.00. The van der Waals surface area contributed by atoms with Crippen LogP contribution in [0, 0.1) is 0 Å². The van der Waals surface area contributed by atoms with Gasteiger partial charge in [0.2, 0.25) is 0 Å². The summed E-state index contributed by atoms with van der Waals surface area (Å²) in [5.41, 5.74) is 0. The maximum absolute atomic E-state index is 4.25. The second kappa shape index (κ2) is 23.1. The first-order chi connectivity index (χ1) is 4.56. The number of methoxy groups -OCH3 is 1. The van der Waals surface area contributed by atoms with Gasteiger partial charge in [-0.05, 0) is 21.1 Å². The maximum Gasteiger partial charge on any atom is 0.0351 e. The van der Waals surface area contributed by atoms with Crippen molar-refractivity contribution in [3.63, 3.8) is 0 Å². The Kier molecular flexibility index (Phi) is 38.1. The van der Waals surface area contributed by atoms with Crippen LogP contribution < -0.4 is 0 Å². The summed E-state index contributed by atoms with van der Waals surface area (Å²) in [6.07, 6.45) is 1.25. The molecule has 0 fully saturated rings. The van der Waals surface area contributed by atoms with Gasteiger partial charge in [0.15, 0.2) is 0 Å². The van der Waals surface area contributed by atoms with E-state index in [0.29, 0.717) is 0 Å². The Balaban J connectivity index is -0.0000000750. The summed E-state index contributed by atoms with van der Waals surface area (Å²) in [5.74, 6) is 0. The van der Waals surface area contributed by atoms with Crippen molar-refractivity contribution < 1.29 is 4.74 Å². The lowest BCUT2D eigenvalue weighted by molar-refractivity contribution is 0.277. The van der Waals surface area contributed by atoms with E-state index in [1.807, 2.05) is 26.0 Å². The highest BCUT2D eigenvalue weighted by atomic mass is 16.4. The highest BCUT2D eigenvalue weighted by Gasteiger charge is 1.58. The van der Waals surface area contributed by atoms with E-state index in [1.54, 1.807) is 14.2 Å². The number of ether oxygens (including phenoxy) is 1. The zero-order valence-corrected chi connectivity index (χ0v) is 8.56. The Bertz CT molecular complexity index is 25.7. The Labute approximate surface area is 66.2 Å². The number of hydrogen-bond acceptors (Lipinski definition) is 2. The second-order valence-corrected chi connectivity index (χ2v) is 2.46. The molecular weight excluding hydrogens is 126 g/mol. The molecule has 66 valence electrons. The first-order valence-electron chi connectivity index (χ1n) is 3.57. The fourth-order valence-electron chi connectivity index (χ4n) is 0. The van der Waals surface area contributed by atoms with Gasteiger partial charge in [0.25, 0.3) is 0 Å². The molecule has 10 heavy (non-hydrogen) atoms. The van der Waals surface area contributed by atoms with Crippen LogP contribution in [0.5, 0.6) is 0 Å². The van der Waals surface area contributed by atoms with Crippen molar-refractivity contribution in [1.82, 2.24) is 4.90 Å². The lowest BCUT2D eigenvalue weighted by atomic mass is 10.6. The largest absolute Gasteiger partial charge is 0.388 e. The molecule has 0 aromatic rings. The molecule has 2 nitrogen and oxygen atoms in total. The van der Waals surface area contributed by atoms with Gasteiger partial charge in [-0.25, -0.2) is 0 Å². The quantitative estimate of drug-likeness (QED) is 0.521. The third-order valence-electron chi connectivity index (χ3n) is 0. The second-order valence-electron chi connectivity index (χ2n) is 2.46. The molecule has 0 saturated carbocycles. The standard InChI is InChI=1S/C3H9N.C3H8.C2H6O/c1-4(2)3;2*1-3-2/h1-3H3;3H2,1-2H3;1-2H3. The molecule has 0 aliphatic carbocycles. The Morgan fingerprint density at radius 2 is 1.00 bits per heavy atom. The average molecular weight is 149 g/mol. The first-order valence-corrected chi connectivity index (χ1v) is 3.57. The first kappa shape index (κ1) is 16.5. The number of rotatable bonds is 0. The maximum atomic E-state index is 4.25. The SMILES string of the molecule is CCC.CN(C)C.COC. The zero-order chi connectivity index (χ0) is 8.99. The van der Waals surface area contributed by atoms with Crippen molar-refractivity contribution in [2.45, 2.75) is 20.3 Å². The summed E-state index contributed by atoms with van der Waals surface area (Å²) in [7, 11) is 9.25. The van der Waals surface area contributed by atoms with E-state index in [2.05, 4.69) is 18.6 Å². The molecule has 0 N–H and O–H groups in total. The normalized spacial score (nSPS) is 7.20. The van der Waals surface area contributed by atoms with Gasteiger partial charge in [-0.15, -0.1) is 0 Å². The Hall–Kier alpha value is -0.0800. The van der Waals surface area contributed by atoms with Crippen molar-refractivity contribution in [1.29, 1.82) is 0 Å². The fourth-order valence-corrected chi connectivity index (χ4v) is 0. The van der Waals surface area contributed by atoms with Gasteiger partial charge in [-0.1, -0.05) is 20.3 Å². The summed E-state index contributed by atoms with van der Waals surface area (Å²) in [6.45, 7) is 4.25. The lowest BCUT2D eigenvalue weighted by Crippen LogP contribution is -1.99. The van der Waals surface area contributed by atoms with Crippen LogP contribution >= 0.6 is 0 Å². The van der Waals surface area contributed by atoms with Gasteiger partial charge in [0, 0.05) is 14.2 Å². The van der Waals surface area contributed by atoms with Gasteiger partial charge >= 0.3 is 0 Å². The minimum atomic E-state index is 1.25. The third-order valence-corrected chi connectivity index (χ3v) is 0. The average Bonchev–Trinajstić information content (AvgIpc) is 1.65. The predicted octanol–water partition coefficient (Wildman–Crippen LogP) is 1.86. The molecule has 0 aliphatic rings. The topological polar surface area (TPSA) is 12.5 Å². The van der Waals surface area contributed by atoms with Crippen molar-refractivity contribution >= 4 is 0 Å². The summed E-state index contributed by atoms with van der Waals surface area (Å²) < 4.78 is 4.25. The molecule has 0 bridgehead atoms. The Morgan fingerprint density at radius 3 is 1.00 bits per heavy atom. The molecule has 0 aromatic carbocycles. The Morgan fingerprint density at radius 1 is 1.00 bits per heavy atom. The molecule has 0 aromatic heterocycles. The van der Waals surface area contributed by atoms with Crippen LogP contribution in [0.1, 0.15) is 20.3 Å². The zero-order valence-electron chi connectivity index (χ0n) is 8.56. The minimum Gasteiger partial charge on any atom is -0.388 e. The third kappa shape index (κ3) is 59300. The summed E-state index contributed by atoms with van der Waals surface area (Å²) in [5, 5.41) is 0. The van der Waals surface area contributed by atoms with Gasteiger partial charge in [-0.2, -0.15) is 0 Å². The lowest BCUT2D eigenvalue weighted by Gasteiger charge is -1.90. The van der Waals surface area contributed by atoms with Crippen molar-refractivity contribution in [2.75, 3.05) is 35.4 Å². The molecule has 0 unspecified atom stereocenters. The van der Waals surface area contributed by atoms with Crippen LogP contribution in [0.2, 0.25) is 0 Å². The van der Waals surface area contributed by atoms with Crippen LogP contribution in [0.15, 0.2) is 0 Å². The van der Waals surface area contributed by atoms with E-state index in [-0.39, 0.29) is 0 Å². The highest BCUT2D eigenvalue weighted by molar-refractivity contribution is 4.09. The van der Waals surface area contributed by atoms with Crippen LogP contribution in [0.3, 0.4) is 0 Å². The minimum absolute atomic E-state index is 1.25. The monoisotopic (exact) mass is 149 g/mol. The van der Waals surface area contributed by atoms with E-state index in [1.165, 1.54) is 6.42 Å². The van der Waals surface area contributed by atoms with Gasteiger partial charge in [0.05, 0.1) is 0 Å². The van der Waals surface area contributed by atoms with E-state index in [0.717, 1.165) is 0 Å².